The summed E-state index contributed by atoms with van der Waals surface area (Å²) in [6.07, 6.45) is 0. The van der Waals surface area contributed by atoms with Gasteiger partial charge in [0.15, 0.2) is 0 Å². The monoisotopic (exact) mass is 226 g/mol. The fraction of sp³-hybridized carbons (Fsp3) is 0.600. The highest BCUT2D eigenvalue weighted by molar-refractivity contribution is 5.39. The lowest BCUT2D eigenvalue weighted by molar-refractivity contribution is 0.187. The molecule has 0 spiro atoms. The lowest BCUT2D eigenvalue weighted by atomic mass is 10.3. The number of nitrogens with zero attached hydrogens (tertiary/aromatic N) is 2. The maximum atomic E-state index is 5.60. The van der Waals surface area contributed by atoms with Gasteiger partial charge in [-0.3, -0.25) is 0 Å². The van der Waals surface area contributed by atoms with E-state index in [9.17, 15) is 0 Å². The zero-order valence-corrected chi connectivity index (χ0v) is 9.86. The fourth-order valence-electron chi connectivity index (χ4n) is 1.30. The molecule has 0 aliphatic carbocycles. The topological polar surface area (TPSA) is 82.3 Å². The average Bonchev–Trinajstić information content (AvgIpc) is 2.27. The van der Waals surface area contributed by atoms with E-state index >= 15 is 0 Å². The number of hydrogen-bond donors (Lipinski definition) is 2. The number of rotatable bonds is 6. The van der Waals surface area contributed by atoms with Gasteiger partial charge in [-0.1, -0.05) is 0 Å². The predicted octanol–water partition coefficient (Wildman–Crippen LogP) is 0.179. The lowest BCUT2D eigenvalue weighted by Gasteiger charge is -2.16. The Hall–Kier alpha value is -1.40. The molecule has 6 nitrogen and oxygen atoms in total. The van der Waals surface area contributed by atoms with Crippen LogP contribution in [-0.4, -0.2) is 43.4 Å². The molecule has 0 aromatic carbocycles. The molecule has 1 rings (SSSR count). The van der Waals surface area contributed by atoms with Crippen LogP contribution < -0.4 is 15.8 Å². The second kappa shape index (κ2) is 6.24. The summed E-state index contributed by atoms with van der Waals surface area (Å²) in [5.74, 6) is 1.87. The quantitative estimate of drug-likeness (QED) is 0.720. The van der Waals surface area contributed by atoms with Crippen molar-refractivity contribution in [1.29, 1.82) is 0 Å². The van der Waals surface area contributed by atoms with Crippen LogP contribution in [-0.2, 0) is 4.74 Å². The Morgan fingerprint density at radius 3 is 2.75 bits per heavy atom. The van der Waals surface area contributed by atoms with Gasteiger partial charge in [0, 0.05) is 19.7 Å². The molecule has 16 heavy (non-hydrogen) atoms. The molecule has 6 heteroatoms. The Labute approximate surface area is 95.2 Å². The molecule has 1 unspecified atom stereocenters. The van der Waals surface area contributed by atoms with Gasteiger partial charge in [-0.05, 0) is 6.92 Å². The largest absolute Gasteiger partial charge is 0.481 e. The SMILES string of the molecule is COCC(CN)Nc1cc(OC)nc(C)n1. The zero-order chi connectivity index (χ0) is 12.0. The number of aromatic nitrogens is 2. The van der Waals surface area contributed by atoms with Gasteiger partial charge in [0.05, 0.1) is 19.8 Å². The maximum Gasteiger partial charge on any atom is 0.218 e. The Bertz CT molecular complexity index is 333. The van der Waals surface area contributed by atoms with E-state index in [1.165, 1.54) is 0 Å². The number of nitrogens with two attached hydrogens (primary N) is 1. The van der Waals surface area contributed by atoms with E-state index < -0.39 is 0 Å². The van der Waals surface area contributed by atoms with Crippen LogP contribution in [0.15, 0.2) is 6.07 Å². The third kappa shape index (κ3) is 3.63. The van der Waals surface area contributed by atoms with Crippen molar-refractivity contribution in [1.82, 2.24) is 9.97 Å². The van der Waals surface area contributed by atoms with Crippen LogP contribution >= 0.6 is 0 Å². The second-order valence-electron chi connectivity index (χ2n) is 3.38. The summed E-state index contributed by atoms with van der Waals surface area (Å²) in [5, 5.41) is 3.16. The van der Waals surface area contributed by atoms with E-state index in [1.807, 2.05) is 6.92 Å². The molecule has 1 atom stereocenters. The van der Waals surface area contributed by atoms with Crippen LogP contribution in [0, 0.1) is 6.92 Å². The van der Waals surface area contributed by atoms with Crippen LogP contribution in [0.5, 0.6) is 5.88 Å². The number of hydrogen-bond acceptors (Lipinski definition) is 6. The van der Waals surface area contributed by atoms with Gasteiger partial charge in [0.2, 0.25) is 5.88 Å². The highest BCUT2D eigenvalue weighted by atomic mass is 16.5. The van der Waals surface area contributed by atoms with E-state index in [1.54, 1.807) is 20.3 Å². The van der Waals surface area contributed by atoms with Crippen molar-refractivity contribution in [2.24, 2.45) is 5.73 Å². The van der Waals surface area contributed by atoms with Gasteiger partial charge in [-0.15, -0.1) is 0 Å². The minimum absolute atomic E-state index is 0.0315. The van der Waals surface area contributed by atoms with E-state index in [4.69, 9.17) is 15.2 Å². The summed E-state index contributed by atoms with van der Waals surface area (Å²) < 4.78 is 10.1. The Balaban J connectivity index is 2.74. The number of anilines is 1. The molecule has 0 aliphatic heterocycles. The van der Waals surface area contributed by atoms with Crippen LogP contribution in [0.25, 0.3) is 0 Å². The highest BCUT2D eigenvalue weighted by Gasteiger charge is 2.08. The van der Waals surface area contributed by atoms with Gasteiger partial charge < -0.3 is 20.5 Å². The summed E-state index contributed by atoms with van der Waals surface area (Å²) in [5.41, 5.74) is 5.60. The van der Waals surface area contributed by atoms with E-state index in [0.29, 0.717) is 30.7 Å². The summed E-state index contributed by atoms with van der Waals surface area (Å²) in [4.78, 5) is 8.33. The Morgan fingerprint density at radius 2 is 2.19 bits per heavy atom. The normalized spacial score (nSPS) is 12.2. The highest BCUT2D eigenvalue weighted by Crippen LogP contribution is 2.13. The lowest BCUT2D eigenvalue weighted by Crippen LogP contribution is -2.33. The molecule has 0 radical (unpaired) electrons. The van der Waals surface area contributed by atoms with Crippen LogP contribution in [0.2, 0.25) is 0 Å². The summed E-state index contributed by atoms with van der Waals surface area (Å²) >= 11 is 0. The molecular weight excluding hydrogens is 208 g/mol. The molecule has 3 N–H and O–H groups in total. The average molecular weight is 226 g/mol. The summed E-state index contributed by atoms with van der Waals surface area (Å²) in [7, 11) is 3.21. The molecule has 0 saturated carbocycles. The van der Waals surface area contributed by atoms with Crippen molar-refractivity contribution >= 4 is 5.82 Å². The van der Waals surface area contributed by atoms with Gasteiger partial charge in [-0.25, -0.2) is 4.98 Å². The Kier molecular flexibility index (Phi) is 4.94. The van der Waals surface area contributed by atoms with Crippen molar-refractivity contribution in [2.45, 2.75) is 13.0 Å². The maximum absolute atomic E-state index is 5.60. The van der Waals surface area contributed by atoms with Gasteiger partial charge in [0.25, 0.3) is 0 Å². The molecule has 1 aromatic heterocycles. The standard InChI is InChI=1S/C10H18N4O2/c1-7-12-9(4-10(13-7)16-3)14-8(5-11)6-15-2/h4,8H,5-6,11H2,1-3H3,(H,12,13,14). The number of nitrogens with one attached hydrogen (secondary N) is 1. The summed E-state index contributed by atoms with van der Waals surface area (Å²) in [6, 6.07) is 1.76. The first-order chi connectivity index (χ1) is 7.69. The molecule has 0 amide bonds. The first-order valence-corrected chi connectivity index (χ1v) is 5.04. The van der Waals surface area contributed by atoms with Crippen LogP contribution in [0.3, 0.4) is 0 Å². The molecule has 1 heterocycles. The molecule has 90 valence electrons. The number of methoxy groups -OCH3 is 2. The van der Waals surface area contributed by atoms with Crippen LogP contribution in [0.1, 0.15) is 5.82 Å². The molecular formula is C10H18N4O2. The van der Waals surface area contributed by atoms with E-state index in [0.717, 1.165) is 0 Å². The van der Waals surface area contributed by atoms with Gasteiger partial charge in [-0.2, -0.15) is 4.98 Å². The third-order valence-electron chi connectivity index (χ3n) is 2.03. The molecule has 0 bridgehead atoms. The molecule has 0 fully saturated rings. The van der Waals surface area contributed by atoms with Crippen molar-refractivity contribution in [2.75, 3.05) is 32.7 Å². The number of ether oxygens (including phenoxy) is 2. The van der Waals surface area contributed by atoms with E-state index in [-0.39, 0.29) is 6.04 Å². The zero-order valence-electron chi connectivity index (χ0n) is 9.86. The predicted molar refractivity (Wildman–Crippen MR) is 61.7 cm³/mol. The molecule has 1 aromatic rings. The number of aryl methyl sites for hydroxylation is 1. The summed E-state index contributed by atoms with van der Waals surface area (Å²) in [6.45, 7) is 2.81. The minimum atomic E-state index is 0.0315. The fourth-order valence-corrected chi connectivity index (χ4v) is 1.30. The van der Waals surface area contributed by atoms with E-state index in [2.05, 4.69) is 15.3 Å². The minimum Gasteiger partial charge on any atom is -0.481 e. The van der Waals surface area contributed by atoms with Crippen molar-refractivity contribution in [3.05, 3.63) is 11.9 Å². The first-order valence-electron chi connectivity index (χ1n) is 5.04. The second-order valence-corrected chi connectivity index (χ2v) is 3.38. The van der Waals surface area contributed by atoms with Gasteiger partial charge >= 0.3 is 0 Å². The Morgan fingerprint density at radius 1 is 1.44 bits per heavy atom. The first kappa shape index (κ1) is 12.7. The van der Waals surface area contributed by atoms with Crippen LogP contribution in [0.4, 0.5) is 5.82 Å². The van der Waals surface area contributed by atoms with Crippen molar-refractivity contribution < 1.29 is 9.47 Å². The smallest absolute Gasteiger partial charge is 0.218 e. The molecule has 0 aliphatic rings. The van der Waals surface area contributed by atoms with Gasteiger partial charge in [0.1, 0.15) is 11.6 Å². The third-order valence-corrected chi connectivity index (χ3v) is 2.03. The molecule has 0 saturated heterocycles. The van der Waals surface area contributed by atoms with Crippen molar-refractivity contribution in [3.8, 4) is 5.88 Å². The van der Waals surface area contributed by atoms with Crippen molar-refractivity contribution in [3.63, 3.8) is 0 Å².